The van der Waals surface area contributed by atoms with E-state index in [0.717, 1.165) is 17.7 Å². The molecular formula is C15H21N3O3S. The van der Waals surface area contributed by atoms with E-state index in [9.17, 15) is 8.42 Å². The van der Waals surface area contributed by atoms with Gasteiger partial charge in [-0.3, -0.25) is 0 Å². The van der Waals surface area contributed by atoms with Crippen molar-refractivity contribution in [2.75, 3.05) is 0 Å². The van der Waals surface area contributed by atoms with Gasteiger partial charge in [-0.25, -0.2) is 0 Å². The van der Waals surface area contributed by atoms with Gasteiger partial charge in [-0.1, -0.05) is 49.3 Å². The summed E-state index contributed by atoms with van der Waals surface area (Å²) in [5, 5.41) is 3.86. The zero-order valence-electron chi connectivity index (χ0n) is 12.7. The molecule has 0 radical (unpaired) electrons. The van der Waals surface area contributed by atoms with Gasteiger partial charge in [0.25, 0.3) is 10.2 Å². The van der Waals surface area contributed by atoms with Crippen molar-refractivity contribution in [1.82, 2.24) is 14.6 Å². The molecule has 0 amide bonds. The van der Waals surface area contributed by atoms with Gasteiger partial charge in [-0.2, -0.15) is 17.9 Å². The highest BCUT2D eigenvalue weighted by Gasteiger charge is 2.12. The standard InChI is InChI=1S/C15H21N3O3S/c1-12(2)8-15-9-14(18-21-15)11-17-22(19,20)16-10-13-6-4-3-5-7-13/h3-7,9,12,16-17H,8,10-11H2,1-2H3. The molecule has 0 aliphatic heterocycles. The van der Waals surface area contributed by atoms with Gasteiger partial charge in [0.1, 0.15) is 5.76 Å². The number of nitrogens with zero attached hydrogens (tertiary/aromatic N) is 1. The highest BCUT2D eigenvalue weighted by atomic mass is 32.2. The maximum absolute atomic E-state index is 11.9. The van der Waals surface area contributed by atoms with E-state index in [1.165, 1.54) is 0 Å². The first-order valence-electron chi connectivity index (χ1n) is 7.17. The average Bonchev–Trinajstić information content (AvgIpc) is 2.91. The maximum atomic E-state index is 11.9. The summed E-state index contributed by atoms with van der Waals surface area (Å²) < 4.78 is 33.9. The summed E-state index contributed by atoms with van der Waals surface area (Å²) in [4.78, 5) is 0. The van der Waals surface area contributed by atoms with Crippen molar-refractivity contribution in [3.63, 3.8) is 0 Å². The third kappa shape index (κ3) is 5.59. The summed E-state index contributed by atoms with van der Waals surface area (Å²) in [7, 11) is -3.57. The van der Waals surface area contributed by atoms with Gasteiger partial charge in [-0.15, -0.1) is 0 Å². The van der Waals surface area contributed by atoms with Crippen LogP contribution in [-0.2, 0) is 29.7 Å². The maximum Gasteiger partial charge on any atom is 0.277 e. The fraction of sp³-hybridized carbons (Fsp3) is 0.400. The molecule has 1 aromatic heterocycles. The highest BCUT2D eigenvalue weighted by molar-refractivity contribution is 7.87. The minimum absolute atomic E-state index is 0.103. The number of nitrogens with one attached hydrogen (secondary N) is 2. The minimum Gasteiger partial charge on any atom is -0.361 e. The first-order chi connectivity index (χ1) is 10.4. The number of hydrogen-bond acceptors (Lipinski definition) is 4. The summed E-state index contributed by atoms with van der Waals surface area (Å²) in [6, 6.07) is 11.1. The molecule has 2 rings (SSSR count). The van der Waals surface area contributed by atoms with E-state index < -0.39 is 10.2 Å². The van der Waals surface area contributed by atoms with E-state index in [1.807, 2.05) is 30.3 Å². The van der Waals surface area contributed by atoms with Crippen molar-refractivity contribution in [2.45, 2.75) is 33.4 Å². The van der Waals surface area contributed by atoms with Gasteiger partial charge in [0.2, 0.25) is 0 Å². The molecule has 0 saturated carbocycles. The van der Waals surface area contributed by atoms with E-state index in [-0.39, 0.29) is 13.1 Å². The summed E-state index contributed by atoms with van der Waals surface area (Å²) in [6.45, 7) is 4.51. The van der Waals surface area contributed by atoms with Crippen LogP contribution in [0.3, 0.4) is 0 Å². The fourth-order valence-corrected chi connectivity index (χ4v) is 2.73. The third-order valence-corrected chi connectivity index (χ3v) is 4.02. The molecule has 0 spiro atoms. The first kappa shape index (κ1) is 16.7. The second-order valence-corrected chi connectivity index (χ2v) is 7.10. The van der Waals surface area contributed by atoms with Crippen LogP contribution in [0.25, 0.3) is 0 Å². The Hall–Kier alpha value is -1.70. The van der Waals surface area contributed by atoms with Crippen LogP contribution in [0.15, 0.2) is 40.9 Å². The second-order valence-electron chi connectivity index (χ2n) is 5.51. The Kier molecular flexibility index (Phi) is 5.70. The van der Waals surface area contributed by atoms with E-state index in [2.05, 4.69) is 28.4 Å². The van der Waals surface area contributed by atoms with Gasteiger partial charge in [0.15, 0.2) is 0 Å². The smallest absolute Gasteiger partial charge is 0.277 e. The lowest BCUT2D eigenvalue weighted by atomic mass is 10.1. The summed E-state index contributed by atoms with van der Waals surface area (Å²) >= 11 is 0. The Labute approximate surface area is 131 Å². The topological polar surface area (TPSA) is 84.2 Å². The Bertz CT molecular complexity index is 681. The van der Waals surface area contributed by atoms with Crippen molar-refractivity contribution in [3.8, 4) is 0 Å². The monoisotopic (exact) mass is 323 g/mol. The molecule has 0 unspecified atom stereocenters. The van der Waals surface area contributed by atoms with Crippen LogP contribution < -0.4 is 9.44 Å². The quantitative estimate of drug-likeness (QED) is 0.778. The van der Waals surface area contributed by atoms with E-state index in [0.29, 0.717) is 11.6 Å². The van der Waals surface area contributed by atoms with Crippen LogP contribution in [0.4, 0.5) is 0 Å². The number of benzene rings is 1. The van der Waals surface area contributed by atoms with Gasteiger partial charge in [-0.05, 0) is 11.5 Å². The Morgan fingerprint density at radius 1 is 1.14 bits per heavy atom. The largest absolute Gasteiger partial charge is 0.361 e. The zero-order valence-corrected chi connectivity index (χ0v) is 13.6. The van der Waals surface area contributed by atoms with Crippen LogP contribution in [0, 0.1) is 5.92 Å². The summed E-state index contributed by atoms with van der Waals surface area (Å²) in [6.07, 6.45) is 0.784. The molecule has 7 heteroatoms. The predicted molar refractivity (Wildman–Crippen MR) is 84.1 cm³/mol. The molecule has 0 aliphatic carbocycles. The van der Waals surface area contributed by atoms with Crippen LogP contribution >= 0.6 is 0 Å². The second kappa shape index (κ2) is 7.53. The normalized spacial score (nSPS) is 12.0. The molecule has 6 nitrogen and oxygen atoms in total. The van der Waals surface area contributed by atoms with Crippen molar-refractivity contribution < 1.29 is 12.9 Å². The number of rotatable bonds is 8. The molecule has 120 valence electrons. The summed E-state index contributed by atoms with van der Waals surface area (Å²) in [5.74, 6) is 1.23. The first-order valence-corrected chi connectivity index (χ1v) is 8.65. The molecule has 2 aromatic rings. The molecule has 22 heavy (non-hydrogen) atoms. The molecule has 0 aliphatic rings. The summed E-state index contributed by atoms with van der Waals surface area (Å²) in [5.41, 5.74) is 1.47. The molecule has 1 heterocycles. The van der Waals surface area contributed by atoms with E-state index in [4.69, 9.17) is 4.52 Å². The number of aromatic nitrogens is 1. The Morgan fingerprint density at radius 3 is 2.50 bits per heavy atom. The van der Waals surface area contributed by atoms with Crippen molar-refractivity contribution in [2.24, 2.45) is 5.92 Å². The Morgan fingerprint density at radius 2 is 1.82 bits per heavy atom. The molecule has 1 aromatic carbocycles. The van der Waals surface area contributed by atoms with Gasteiger partial charge in [0, 0.05) is 19.0 Å². The third-order valence-electron chi connectivity index (χ3n) is 2.97. The zero-order chi connectivity index (χ0) is 16.0. The van der Waals surface area contributed by atoms with E-state index in [1.54, 1.807) is 6.07 Å². The lowest BCUT2D eigenvalue weighted by Gasteiger charge is -2.06. The van der Waals surface area contributed by atoms with Crippen LogP contribution in [0.1, 0.15) is 30.9 Å². The molecule has 0 atom stereocenters. The van der Waals surface area contributed by atoms with Crippen LogP contribution in [0.2, 0.25) is 0 Å². The lowest BCUT2D eigenvalue weighted by molar-refractivity contribution is 0.363. The van der Waals surface area contributed by atoms with Crippen molar-refractivity contribution >= 4 is 10.2 Å². The Balaban J connectivity index is 1.83. The van der Waals surface area contributed by atoms with Gasteiger partial charge in [0.05, 0.1) is 12.2 Å². The SMILES string of the molecule is CC(C)Cc1cc(CNS(=O)(=O)NCc2ccccc2)no1. The van der Waals surface area contributed by atoms with Gasteiger partial charge >= 0.3 is 0 Å². The van der Waals surface area contributed by atoms with Crippen LogP contribution in [-0.4, -0.2) is 13.6 Å². The van der Waals surface area contributed by atoms with Gasteiger partial charge < -0.3 is 4.52 Å². The van der Waals surface area contributed by atoms with E-state index >= 15 is 0 Å². The highest BCUT2D eigenvalue weighted by Crippen LogP contribution is 2.09. The molecule has 0 bridgehead atoms. The molecule has 0 saturated heterocycles. The van der Waals surface area contributed by atoms with Crippen molar-refractivity contribution in [1.29, 1.82) is 0 Å². The molecule has 0 fully saturated rings. The molecule has 2 N–H and O–H groups in total. The average molecular weight is 323 g/mol. The molecular weight excluding hydrogens is 302 g/mol. The number of hydrogen-bond donors (Lipinski definition) is 2. The van der Waals surface area contributed by atoms with Crippen LogP contribution in [0.5, 0.6) is 0 Å². The lowest BCUT2D eigenvalue weighted by Crippen LogP contribution is -2.35. The van der Waals surface area contributed by atoms with Crippen molar-refractivity contribution in [3.05, 3.63) is 53.4 Å². The minimum atomic E-state index is -3.57. The predicted octanol–water partition coefficient (Wildman–Crippen LogP) is 2.00. The fourth-order valence-electron chi connectivity index (χ4n) is 1.93.